The Hall–Kier alpha value is -1.99. The van der Waals surface area contributed by atoms with Crippen molar-refractivity contribution in [3.63, 3.8) is 0 Å². The molecule has 2 aromatic carbocycles. The fraction of sp³-hybridized carbons (Fsp3) is 0.375. The van der Waals surface area contributed by atoms with E-state index in [-0.39, 0.29) is 0 Å². The zero-order valence-electron chi connectivity index (χ0n) is 17.8. The molecule has 158 valence electrons. The number of aromatic nitrogens is 2. The average molecular weight is 468 g/mol. The van der Waals surface area contributed by atoms with Crippen molar-refractivity contribution in [1.82, 2.24) is 24.9 Å². The summed E-state index contributed by atoms with van der Waals surface area (Å²) in [6, 6.07) is 16.8. The molecule has 0 atom stereocenters. The molecule has 1 saturated heterocycles. The first-order chi connectivity index (χ1) is 14.6. The predicted molar refractivity (Wildman–Crippen MR) is 127 cm³/mol. The Morgan fingerprint density at radius 1 is 1.00 bits per heavy atom. The monoisotopic (exact) mass is 467 g/mol. The van der Waals surface area contributed by atoms with Crippen LogP contribution in [0.15, 0.2) is 59.2 Å². The van der Waals surface area contributed by atoms with Crippen LogP contribution >= 0.6 is 15.9 Å². The van der Waals surface area contributed by atoms with Crippen LogP contribution in [0.4, 0.5) is 0 Å². The van der Waals surface area contributed by atoms with Gasteiger partial charge in [0.05, 0.1) is 11.4 Å². The molecule has 5 nitrogen and oxygen atoms in total. The first-order valence-corrected chi connectivity index (χ1v) is 11.4. The van der Waals surface area contributed by atoms with E-state index < -0.39 is 0 Å². The van der Waals surface area contributed by atoms with Crippen molar-refractivity contribution in [2.24, 2.45) is 0 Å². The van der Waals surface area contributed by atoms with Crippen LogP contribution in [0.25, 0.3) is 16.9 Å². The Morgan fingerprint density at radius 3 is 2.47 bits per heavy atom. The first-order valence-electron chi connectivity index (χ1n) is 10.6. The Kier molecular flexibility index (Phi) is 7.00. The second kappa shape index (κ2) is 9.88. The zero-order valence-corrected chi connectivity index (χ0v) is 19.4. The topological polar surface area (TPSA) is 36.3 Å². The molecular formula is C24H30BrN5. The van der Waals surface area contributed by atoms with E-state index in [0.29, 0.717) is 0 Å². The number of hydrogen-bond acceptors (Lipinski definition) is 4. The largest absolute Gasteiger partial charge is 0.311 e. The van der Waals surface area contributed by atoms with Gasteiger partial charge in [-0.2, -0.15) is 5.10 Å². The molecule has 1 N–H and O–H groups in total. The maximum atomic E-state index is 4.96. The number of rotatable bonds is 7. The molecule has 0 aliphatic carbocycles. The highest BCUT2D eigenvalue weighted by molar-refractivity contribution is 9.10. The molecule has 2 heterocycles. The number of hydrogen-bond donors (Lipinski definition) is 1. The summed E-state index contributed by atoms with van der Waals surface area (Å²) in [6.07, 6.45) is 2.16. The zero-order chi connectivity index (χ0) is 20.9. The molecule has 0 unspecified atom stereocenters. The third-order valence-electron chi connectivity index (χ3n) is 5.80. The molecular weight excluding hydrogens is 438 g/mol. The molecule has 1 aromatic heterocycles. The second-order valence-corrected chi connectivity index (χ2v) is 8.98. The van der Waals surface area contributed by atoms with Gasteiger partial charge in [-0.3, -0.25) is 4.90 Å². The number of nitrogens with zero attached hydrogens (tertiary/aromatic N) is 4. The van der Waals surface area contributed by atoms with Gasteiger partial charge in [-0.05, 0) is 43.8 Å². The van der Waals surface area contributed by atoms with Gasteiger partial charge >= 0.3 is 0 Å². The van der Waals surface area contributed by atoms with Gasteiger partial charge in [-0.1, -0.05) is 40.2 Å². The lowest BCUT2D eigenvalue weighted by Crippen LogP contribution is -2.46. The fourth-order valence-corrected chi connectivity index (χ4v) is 4.13. The summed E-state index contributed by atoms with van der Waals surface area (Å²) >= 11 is 3.52. The summed E-state index contributed by atoms with van der Waals surface area (Å²) in [4.78, 5) is 4.94. The van der Waals surface area contributed by atoms with E-state index in [9.17, 15) is 0 Å². The molecule has 0 spiro atoms. The Labute approximate surface area is 187 Å². The lowest BCUT2D eigenvalue weighted by molar-refractivity contribution is 0.154. The van der Waals surface area contributed by atoms with Crippen molar-refractivity contribution in [3.05, 3.63) is 70.3 Å². The Bertz CT molecular complexity index is 958. The maximum Gasteiger partial charge on any atom is 0.0975 e. The van der Waals surface area contributed by atoms with Crippen LogP contribution < -0.4 is 5.32 Å². The molecule has 0 bridgehead atoms. The summed E-state index contributed by atoms with van der Waals surface area (Å²) in [7, 11) is 2.20. The van der Waals surface area contributed by atoms with E-state index in [0.717, 1.165) is 61.7 Å². The molecule has 1 aliphatic rings. The Balaban J connectivity index is 1.49. The van der Waals surface area contributed by atoms with Crippen LogP contribution in [0.2, 0.25) is 0 Å². The highest BCUT2D eigenvalue weighted by Crippen LogP contribution is 2.27. The number of halogens is 1. The van der Waals surface area contributed by atoms with Gasteiger partial charge in [0, 0.05) is 67.6 Å². The van der Waals surface area contributed by atoms with Gasteiger partial charge in [0.2, 0.25) is 0 Å². The number of benzene rings is 2. The number of nitrogens with one attached hydrogen (secondary N) is 1. The minimum atomic E-state index is 0.813. The summed E-state index contributed by atoms with van der Waals surface area (Å²) in [6.45, 7) is 9.69. The highest BCUT2D eigenvalue weighted by atomic mass is 79.9. The summed E-state index contributed by atoms with van der Waals surface area (Å²) in [5.41, 5.74) is 5.80. The highest BCUT2D eigenvalue weighted by Gasteiger charge is 2.15. The summed E-state index contributed by atoms with van der Waals surface area (Å²) in [5.74, 6) is 0. The van der Waals surface area contributed by atoms with Crippen molar-refractivity contribution >= 4 is 15.9 Å². The third-order valence-corrected chi connectivity index (χ3v) is 6.33. The van der Waals surface area contributed by atoms with Crippen molar-refractivity contribution in [1.29, 1.82) is 0 Å². The lowest BCUT2D eigenvalue weighted by atomic mass is 10.0. The minimum Gasteiger partial charge on any atom is -0.311 e. The smallest absolute Gasteiger partial charge is 0.0975 e. The molecule has 3 aromatic rings. The molecule has 0 saturated carbocycles. The van der Waals surface area contributed by atoms with Crippen LogP contribution in [0.5, 0.6) is 0 Å². The molecule has 1 fully saturated rings. The van der Waals surface area contributed by atoms with Gasteiger partial charge in [-0.25, -0.2) is 4.68 Å². The van der Waals surface area contributed by atoms with Gasteiger partial charge in [-0.15, -0.1) is 0 Å². The van der Waals surface area contributed by atoms with E-state index in [1.165, 1.54) is 16.7 Å². The van der Waals surface area contributed by atoms with Crippen molar-refractivity contribution in [2.45, 2.75) is 13.5 Å². The minimum absolute atomic E-state index is 0.813. The average Bonchev–Trinajstić information content (AvgIpc) is 3.17. The Morgan fingerprint density at radius 2 is 1.73 bits per heavy atom. The van der Waals surface area contributed by atoms with Gasteiger partial charge in [0.25, 0.3) is 0 Å². The van der Waals surface area contributed by atoms with Crippen LogP contribution in [0, 0.1) is 6.92 Å². The summed E-state index contributed by atoms with van der Waals surface area (Å²) < 4.78 is 3.06. The fourth-order valence-electron chi connectivity index (χ4n) is 3.86. The van der Waals surface area contributed by atoms with Gasteiger partial charge in [0.1, 0.15) is 0 Å². The molecule has 0 amide bonds. The van der Waals surface area contributed by atoms with Crippen LogP contribution in [-0.4, -0.2) is 65.9 Å². The van der Waals surface area contributed by atoms with Crippen LogP contribution in [0.1, 0.15) is 11.1 Å². The lowest BCUT2D eigenvalue weighted by Gasteiger charge is -2.32. The van der Waals surface area contributed by atoms with E-state index >= 15 is 0 Å². The molecule has 4 rings (SSSR count). The second-order valence-electron chi connectivity index (χ2n) is 8.06. The maximum absolute atomic E-state index is 4.96. The van der Waals surface area contributed by atoms with Gasteiger partial charge in [0.15, 0.2) is 0 Å². The molecule has 30 heavy (non-hydrogen) atoms. The molecule has 1 aliphatic heterocycles. The van der Waals surface area contributed by atoms with E-state index in [1.54, 1.807) is 0 Å². The van der Waals surface area contributed by atoms with E-state index in [2.05, 4.69) is 99.7 Å². The van der Waals surface area contributed by atoms with E-state index in [1.807, 2.05) is 4.68 Å². The number of likely N-dealkylation sites (N-methyl/N-ethyl adjacent to an activating group) is 1. The SMILES string of the molecule is Cc1ccccc1-c1nn(-c2ccc(Br)cc2)cc1CNCCN1CCN(C)CC1. The molecule has 6 heteroatoms. The number of aryl methyl sites for hydroxylation is 1. The quantitative estimate of drug-likeness (QED) is 0.533. The third kappa shape index (κ3) is 5.19. The molecule has 0 radical (unpaired) electrons. The summed E-state index contributed by atoms with van der Waals surface area (Å²) in [5, 5.41) is 8.61. The standard InChI is InChI=1S/C24H30BrN5/c1-19-5-3-4-6-23(19)24-20(17-26-11-12-29-15-13-28(2)14-16-29)18-30(27-24)22-9-7-21(25)8-10-22/h3-10,18,26H,11-17H2,1-2H3. The predicted octanol–water partition coefficient (Wildman–Crippen LogP) is 3.95. The van der Waals surface area contributed by atoms with Crippen LogP contribution in [-0.2, 0) is 6.54 Å². The van der Waals surface area contributed by atoms with Crippen molar-refractivity contribution < 1.29 is 0 Å². The number of piperazine rings is 1. The normalized spacial score (nSPS) is 15.6. The van der Waals surface area contributed by atoms with Crippen molar-refractivity contribution in [3.8, 4) is 16.9 Å². The van der Waals surface area contributed by atoms with E-state index in [4.69, 9.17) is 5.10 Å². The van der Waals surface area contributed by atoms with Crippen LogP contribution in [0.3, 0.4) is 0 Å². The van der Waals surface area contributed by atoms with Crippen molar-refractivity contribution in [2.75, 3.05) is 46.3 Å². The first kappa shape index (κ1) is 21.2. The van der Waals surface area contributed by atoms with Gasteiger partial charge < -0.3 is 10.2 Å².